The number of ether oxygens (including phenoxy) is 1. The molecule has 0 bridgehead atoms. The Morgan fingerprint density at radius 1 is 1.00 bits per heavy atom. The highest BCUT2D eigenvalue weighted by atomic mass is 16.5. The lowest BCUT2D eigenvalue weighted by Crippen LogP contribution is -2.54. The molecule has 4 unspecified atom stereocenters. The first-order valence-corrected chi connectivity index (χ1v) is 14.2. The number of allylic oxidation sites excluding steroid dienone is 1. The number of fused-ring (bicyclic) bond motifs is 2. The molecule has 2 saturated heterocycles. The van der Waals surface area contributed by atoms with E-state index in [0.717, 1.165) is 70.9 Å². The molecule has 0 spiro atoms. The van der Waals surface area contributed by atoms with Crippen molar-refractivity contribution in [2.24, 2.45) is 11.8 Å². The third kappa shape index (κ3) is 6.12. The van der Waals surface area contributed by atoms with Crippen molar-refractivity contribution in [1.82, 2.24) is 15.1 Å². The summed E-state index contributed by atoms with van der Waals surface area (Å²) >= 11 is 0. The van der Waals surface area contributed by atoms with Crippen LogP contribution >= 0.6 is 0 Å². The largest absolute Gasteiger partial charge is 0.464 e. The van der Waals surface area contributed by atoms with Crippen LogP contribution in [0.15, 0.2) is 12.2 Å². The number of hydrogen-bond acceptors (Lipinski definition) is 5. The molecule has 0 aromatic carbocycles. The zero-order valence-corrected chi connectivity index (χ0v) is 21.8. The number of carbonyl (C=O) groups excluding carboxylic acids is 4. The van der Waals surface area contributed by atoms with Gasteiger partial charge in [-0.25, -0.2) is 4.79 Å². The Labute approximate surface area is 215 Å². The van der Waals surface area contributed by atoms with Crippen molar-refractivity contribution in [3.8, 4) is 0 Å². The van der Waals surface area contributed by atoms with Crippen LogP contribution in [-0.4, -0.2) is 71.3 Å². The molecule has 3 amide bonds. The molecule has 0 aromatic rings. The van der Waals surface area contributed by atoms with Crippen LogP contribution in [0.5, 0.6) is 0 Å². The summed E-state index contributed by atoms with van der Waals surface area (Å²) in [4.78, 5) is 56.7. The van der Waals surface area contributed by atoms with E-state index in [-0.39, 0.29) is 36.7 Å². The summed E-state index contributed by atoms with van der Waals surface area (Å²) in [6.07, 6.45) is 15.1. The molecular weight excluding hydrogens is 458 g/mol. The highest BCUT2D eigenvalue weighted by Gasteiger charge is 2.62. The second-order valence-corrected chi connectivity index (χ2v) is 10.9. The first-order chi connectivity index (χ1) is 17.5. The van der Waals surface area contributed by atoms with Crippen LogP contribution in [0.1, 0.15) is 90.4 Å². The third-order valence-corrected chi connectivity index (χ3v) is 8.36. The predicted octanol–water partition coefficient (Wildman–Crippen LogP) is 3.34. The number of likely N-dealkylation sites (tertiary alicyclic amines) is 1. The smallest absolute Gasteiger partial charge is 0.332 e. The van der Waals surface area contributed by atoms with E-state index in [4.69, 9.17) is 4.74 Å². The lowest BCUT2D eigenvalue weighted by molar-refractivity contribution is -0.150. The number of hydrogen-bond donors (Lipinski definition) is 1. The summed E-state index contributed by atoms with van der Waals surface area (Å²) in [6.45, 7) is 4.09. The minimum Gasteiger partial charge on any atom is -0.464 e. The van der Waals surface area contributed by atoms with Crippen LogP contribution in [-0.2, 0) is 23.9 Å². The molecule has 1 N–H and O–H groups in total. The van der Waals surface area contributed by atoms with E-state index in [1.807, 2.05) is 11.0 Å². The molecule has 36 heavy (non-hydrogen) atoms. The van der Waals surface area contributed by atoms with Crippen molar-refractivity contribution < 1.29 is 23.9 Å². The van der Waals surface area contributed by atoms with Gasteiger partial charge in [-0.3, -0.25) is 14.4 Å². The van der Waals surface area contributed by atoms with Crippen molar-refractivity contribution in [3.63, 3.8) is 0 Å². The van der Waals surface area contributed by atoms with E-state index in [2.05, 4.69) is 11.4 Å². The molecule has 200 valence electrons. The molecule has 1 aliphatic carbocycles. The van der Waals surface area contributed by atoms with Crippen molar-refractivity contribution in [2.45, 2.75) is 102 Å². The van der Waals surface area contributed by atoms with Crippen molar-refractivity contribution in [3.05, 3.63) is 12.2 Å². The van der Waals surface area contributed by atoms with Crippen molar-refractivity contribution in [2.75, 3.05) is 26.2 Å². The number of carbonyl (C=O) groups is 4. The zero-order valence-electron chi connectivity index (χ0n) is 21.8. The third-order valence-electron chi connectivity index (χ3n) is 8.36. The minimum atomic E-state index is -1.03. The van der Waals surface area contributed by atoms with Gasteiger partial charge in [0, 0.05) is 37.9 Å². The monoisotopic (exact) mass is 501 g/mol. The molecule has 4 rings (SSSR count). The van der Waals surface area contributed by atoms with Gasteiger partial charge in [-0.2, -0.15) is 0 Å². The van der Waals surface area contributed by atoms with Crippen molar-refractivity contribution >= 4 is 23.7 Å². The molecule has 0 radical (unpaired) electrons. The summed E-state index contributed by atoms with van der Waals surface area (Å²) in [6, 6.07) is -0.602. The number of nitrogens with one attached hydrogen (secondary N) is 1. The standard InChI is InChI=1S/C28H43N3O5/c1-2-36-27(35)28-20-22(28)14-9-6-4-3-5-8-13-21(19-24(32)30-16-10-7-11-17-30)26(34)31-18-12-15-23(31)25(33)29-28/h9,14,21-23H,2-8,10-13,15-20H2,1H3,(H,29,33). The van der Waals surface area contributed by atoms with Crippen molar-refractivity contribution in [1.29, 1.82) is 0 Å². The van der Waals surface area contributed by atoms with Crippen LogP contribution < -0.4 is 5.32 Å². The summed E-state index contributed by atoms with van der Waals surface area (Å²) < 4.78 is 5.32. The quantitative estimate of drug-likeness (QED) is 0.471. The number of nitrogens with zero attached hydrogens (tertiary/aromatic N) is 2. The lowest BCUT2D eigenvalue weighted by atomic mass is 9.94. The number of esters is 1. The SMILES string of the molecule is CCOC(=O)C12CC1C=CCCCCCCC(CC(=O)N1CCCCC1)C(=O)N1CCCC1C(=O)N2. The predicted molar refractivity (Wildman–Crippen MR) is 136 cm³/mol. The lowest BCUT2D eigenvalue weighted by Gasteiger charge is -2.31. The van der Waals surface area contributed by atoms with Gasteiger partial charge in [-0.1, -0.05) is 31.4 Å². The second-order valence-electron chi connectivity index (χ2n) is 10.9. The fourth-order valence-corrected chi connectivity index (χ4v) is 6.11. The number of amides is 3. The zero-order chi connectivity index (χ0) is 25.5. The minimum absolute atomic E-state index is 0.0647. The van der Waals surface area contributed by atoms with Gasteiger partial charge in [0.2, 0.25) is 17.7 Å². The average Bonchev–Trinajstić information content (AvgIpc) is 3.34. The first-order valence-electron chi connectivity index (χ1n) is 14.2. The summed E-state index contributed by atoms with van der Waals surface area (Å²) in [7, 11) is 0. The van der Waals surface area contributed by atoms with E-state index < -0.39 is 23.5 Å². The first kappa shape index (κ1) is 26.7. The Hall–Kier alpha value is -2.38. The normalized spacial score (nSPS) is 31.9. The number of rotatable bonds is 4. The van der Waals surface area contributed by atoms with Gasteiger partial charge in [0.05, 0.1) is 6.61 Å². The Morgan fingerprint density at radius 3 is 2.53 bits per heavy atom. The van der Waals surface area contributed by atoms with Gasteiger partial charge in [0.15, 0.2) is 0 Å². The van der Waals surface area contributed by atoms with Crippen LogP contribution in [0.3, 0.4) is 0 Å². The Morgan fingerprint density at radius 2 is 1.75 bits per heavy atom. The maximum absolute atomic E-state index is 13.8. The highest BCUT2D eigenvalue weighted by molar-refractivity contribution is 5.96. The van der Waals surface area contributed by atoms with Crippen LogP contribution in [0.25, 0.3) is 0 Å². The van der Waals surface area contributed by atoms with E-state index in [1.54, 1.807) is 11.8 Å². The fourth-order valence-electron chi connectivity index (χ4n) is 6.11. The molecule has 4 aliphatic rings. The number of piperidine rings is 1. The summed E-state index contributed by atoms with van der Waals surface area (Å²) in [5.74, 6) is -1.16. The van der Waals surface area contributed by atoms with E-state index in [9.17, 15) is 19.2 Å². The van der Waals surface area contributed by atoms with Crippen LogP contribution in [0, 0.1) is 11.8 Å². The van der Waals surface area contributed by atoms with E-state index in [1.165, 1.54) is 0 Å². The van der Waals surface area contributed by atoms with Gasteiger partial charge in [-0.15, -0.1) is 0 Å². The van der Waals surface area contributed by atoms with E-state index in [0.29, 0.717) is 25.8 Å². The Kier molecular flexibility index (Phi) is 9.07. The van der Waals surface area contributed by atoms with Gasteiger partial charge in [0.25, 0.3) is 0 Å². The maximum Gasteiger partial charge on any atom is 0.332 e. The molecule has 3 heterocycles. The van der Waals surface area contributed by atoms with Gasteiger partial charge in [0.1, 0.15) is 11.6 Å². The molecule has 3 aliphatic heterocycles. The Balaban J connectivity index is 1.51. The molecular formula is C28H43N3O5. The molecule has 1 saturated carbocycles. The molecule has 0 aromatic heterocycles. The summed E-state index contributed by atoms with van der Waals surface area (Å²) in [5.41, 5.74) is -1.03. The van der Waals surface area contributed by atoms with Crippen LogP contribution in [0.4, 0.5) is 0 Å². The van der Waals surface area contributed by atoms with Crippen LogP contribution in [0.2, 0.25) is 0 Å². The highest BCUT2D eigenvalue weighted by Crippen LogP contribution is 2.46. The molecule has 8 heteroatoms. The Bertz CT molecular complexity index is 852. The average molecular weight is 502 g/mol. The molecule has 3 fully saturated rings. The molecule has 4 atom stereocenters. The fraction of sp³-hybridized carbons (Fsp3) is 0.786. The topological polar surface area (TPSA) is 96.0 Å². The van der Waals surface area contributed by atoms with E-state index >= 15 is 0 Å². The summed E-state index contributed by atoms with van der Waals surface area (Å²) in [5, 5.41) is 3.00. The van der Waals surface area contributed by atoms with Gasteiger partial charge in [-0.05, 0) is 64.7 Å². The van der Waals surface area contributed by atoms with Gasteiger partial charge < -0.3 is 19.9 Å². The second kappa shape index (κ2) is 12.2. The molecule has 8 nitrogen and oxygen atoms in total. The van der Waals surface area contributed by atoms with Gasteiger partial charge >= 0.3 is 5.97 Å². The maximum atomic E-state index is 13.8.